The van der Waals surface area contributed by atoms with E-state index in [2.05, 4.69) is 9.97 Å². The SMILES string of the molecule is Cc1cccc(COc2ccc(CCN)nc2)n1. The Morgan fingerprint density at radius 3 is 2.72 bits per heavy atom. The molecule has 4 nitrogen and oxygen atoms in total. The Morgan fingerprint density at radius 1 is 1.17 bits per heavy atom. The summed E-state index contributed by atoms with van der Waals surface area (Å²) in [5.41, 5.74) is 8.36. The van der Waals surface area contributed by atoms with Gasteiger partial charge in [0.1, 0.15) is 12.4 Å². The maximum atomic E-state index is 5.62. The van der Waals surface area contributed by atoms with Crippen molar-refractivity contribution in [2.24, 2.45) is 5.73 Å². The first-order valence-electron chi connectivity index (χ1n) is 5.98. The summed E-state index contributed by atoms with van der Waals surface area (Å²) in [7, 11) is 0. The predicted molar refractivity (Wildman–Crippen MR) is 70.3 cm³/mol. The minimum Gasteiger partial charge on any atom is -0.486 e. The molecule has 0 aliphatic rings. The van der Waals surface area contributed by atoms with Gasteiger partial charge < -0.3 is 10.5 Å². The molecule has 0 amide bonds. The molecule has 94 valence electrons. The summed E-state index contributed by atoms with van der Waals surface area (Å²) >= 11 is 0. The zero-order valence-electron chi connectivity index (χ0n) is 10.5. The highest BCUT2D eigenvalue weighted by Gasteiger charge is 1.99. The van der Waals surface area contributed by atoms with Gasteiger partial charge in [0.25, 0.3) is 0 Å². The molecule has 0 bridgehead atoms. The standard InChI is InChI=1S/C14H17N3O/c1-11-3-2-4-13(17-11)10-18-14-6-5-12(7-8-15)16-9-14/h2-6,9H,7-8,10,15H2,1H3. The summed E-state index contributed by atoms with van der Waals surface area (Å²) < 4.78 is 5.62. The largest absolute Gasteiger partial charge is 0.486 e. The Labute approximate surface area is 107 Å². The Morgan fingerprint density at radius 2 is 2.06 bits per heavy atom. The smallest absolute Gasteiger partial charge is 0.138 e. The molecule has 2 N–H and O–H groups in total. The predicted octanol–water partition coefficient (Wildman–Crippen LogP) is 1.87. The van der Waals surface area contributed by atoms with Crippen molar-refractivity contribution in [3.63, 3.8) is 0 Å². The number of aryl methyl sites for hydroxylation is 1. The summed E-state index contributed by atoms with van der Waals surface area (Å²) in [5.74, 6) is 0.749. The van der Waals surface area contributed by atoms with E-state index >= 15 is 0 Å². The average molecular weight is 243 g/mol. The normalized spacial score (nSPS) is 10.3. The molecule has 4 heteroatoms. The zero-order chi connectivity index (χ0) is 12.8. The summed E-state index contributed by atoms with van der Waals surface area (Å²) in [6.45, 7) is 3.03. The molecule has 0 fully saturated rings. The maximum Gasteiger partial charge on any atom is 0.138 e. The van der Waals surface area contributed by atoms with Gasteiger partial charge in [-0.1, -0.05) is 6.07 Å². The third-order valence-electron chi connectivity index (χ3n) is 2.53. The van der Waals surface area contributed by atoms with E-state index in [1.807, 2.05) is 37.3 Å². The van der Waals surface area contributed by atoms with Gasteiger partial charge in [-0.15, -0.1) is 0 Å². The lowest BCUT2D eigenvalue weighted by Gasteiger charge is -2.06. The van der Waals surface area contributed by atoms with Crippen LogP contribution in [-0.2, 0) is 13.0 Å². The van der Waals surface area contributed by atoms with Gasteiger partial charge in [-0.3, -0.25) is 9.97 Å². The summed E-state index contributed by atoms with van der Waals surface area (Å²) in [6.07, 6.45) is 2.51. The zero-order valence-corrected chi connectivity index (χ0v) is 10.5. The van der Waals surface area contributed by atoms with Crippen LogP contribution in [0.1, 0.15) is 17.1 Å². The van der Waals surface area contributed by atoms with E-state index in [0.29, 0.717) is 13.2 Å². The number of nitrogens with two attached hydrogens (primary N) is 1. The van der Waals surface area contributed by atoms with Gasteiger partial charge in [0.15, 0.2) is 0 Å². The van der Waals surface area contributed by atoms with E-state index in [1.165, 1.54) is 0 Å². The summed E-state index contributed by atoms with van der Waals surface area (Å²) in [4.78, 5) is 8.65. The van der Waals surface area contributed by atoms with Gasteiger partial charge in [0, 0.05) is 17.8 Å². The van der Waals surface area contributed by atoms with Crippen LogP contribution in [0.3, 0.4) is 0 Å². The quantitative estimate of drug-likeness (QED) is 0.870. The molecule has 0 aliphatic heterocycles. The van der Waals surface area contributed by atoms with E-state index in [0.717, 1.165) is 29.3 Å². The lowest BCUT2D eigenvalue weighted by Crippen LogP contribution is -2.04. The van der Waals surface area contributed by atoms with Crippen LogP contribution in [-0.4, -0.2) is 16.5 Å². The van der Waals surface area contributed by atoms with Crippen molar-refractivity contribution in [1.29, 1.82) is 0 Å². The highest BCUT2D eigenvalue weighted by atomic mass is 16.5. The fourth-order valence-corrected chi connectivity index (χ4v) is 1.63. The van der Waals surface area contributed by atoms with Crippen LogP contribution in [0.4, 0.5) is 0 Å². The number of hydrogen-bond acceptors (Lipinski definition) is 4. The van der Waals surface area contributed by atoms with Crippen molar-refractivity contribution < 1.29 is 4.74 Å². The molecule has 0 spiro atoms. The van der Waals surface area contributed by atoms with E-state index in [9.17, 15) is 0 Å². The maximum absolute atomic E-state index is 5.62. The van der Waals surface area contributed by atoms with Crippen LogP contribution in [0.25, 0.3) is 0 Å². The molecular weight excluding hydrogens is 226 g/mol. The number of pyridine rings is 2. The molecule has 0 saturated heterocycles. The van der Waals surface area contributed by atoms with Crippen molar-refractivity contribution in [3.05, 3.63) is 53.6 Å². The van der Waals surface area contributed by atoms with Crippen molar-refractivity contribution in [1.82, 2.24) is 9.97 Å². The fourth-order valence-electron chi connectivity index (χ4n) is 1.63. The minimum absolute atomic E-state index is 0.458. The Kier molecular flexibility index (Phi) is 4.25. The molecule has 0 aliphatic carbocycles. The van der Waals surface area contributed by atoms with Gasteiger partial charge in [-0.05, 0) is 37.7 Å². The lowest BCUT2D eigenvalue weighted by atomic mass is 10.3. The average Bonchev–Trinajstić information content (AvgIpc) is 2.38. The Hall–Kier alpha value is -1.94. The number of nitrogens with zero attached hydrogens (tertiary/aromatic N) is 2. The minimum atomic E-state index is 0.458. The van der Waals surface area contributed by atoms with Gasteiger partial charge >= 0.3 is 0 Å². The summed E-state index contributed by atoms with van der Waals surface area (Å²) in [5, 5.41) is 0. The van der Waals surface area contributed by atoms with Gasteiger partial charge in [0.2, 0.25) is 0 Å². The molecule has 0 atom stereocenters. The first-order chi connectivity index (χ1) is 8.78. The van der Waals surface area contributed by atoms with Crippen LogP contribution >= 0.6 is 0 Å². The van der Waals surface area contributed by atoms with Crippen LogP contribution < -0.4 is 10.5 Å². The van der Waals surface area contributed by atoms with Crippen LogP contribution in [0, 0.1) is 6.92 Å². The fraction of sp³-hybridized carbons (Fsp3) is 0.286. The molecule has 2 aromatic heterocycles. The van der Waals surface area contributed by atoms with Crippen LogP contribution in [0.2, 0.25) is 0 Å². The van der Waals surface area contributed by atoms with Crippen molar-refractivity contribution in [2.75, 3.05) is 6.54 Å². The number of aromatic nitrogens is 2. The van der Waals surface area contributed by atoms with Gasteiger partial charge in [-0.25, -0.2) is 0 Å². The highest BCUT2D eigenvalue weighted by molar-refractivity contribution is 5.20. The third kappa shape index (κ3) is 3.53. The van der Waals surface area contributed by atoms with E-state index in [1.54, 1.807) is 6.20 Å². The van der Waals surface area contributed by atoms with E-state index in [-0.39, 0.29) is 0 Å². The van der Waals surface area contributed by atoms with Crippen LogP contribution in [0.15, 0.2) is 36.5 Å². The molecule has 0 radical (unpaired) electrons. The topological polar surface area (TPSA) is 61.0 Å². The number of hydrogen-bond donors (Lipinski definition) is 1. The lowest BCUT2D eigenvalue weighted by molar-refractivity contribution is 0.299. The molecule has 2 rings (SSSR count). The van der Waals surface area contributed by atoms with Crippen LogP contribution in [0.5, 0.6) is 5.75 Å². The monoisotopic (exact) mass is 243 g/mol. The van der Waals surface area contributed by atoms with Crippen molar-refractivity contribution >= 4 is 0 Å². The first-order valence-corrected chi connectivity index (χ1v) is 5.98. The molecular formula is C14H17N3O. The molecule has 18 heavy (non-hydrogen) atoms. The summed E-state index contributed by atoms with van der Waals surface area (Å²) in [6, 6.07) is 9.74. The third-order valence-corrected chi connectivity index (χ3v) is 2.53. The molecule has 0 aromatic carbocycles. The van der Waals surface area contributed by atoms with E-state index < -0.39 is 0 Å². The van der Waals surface area contributed by atoms with Crippen molar-refractivity contribution in [3.8, 4) is 5.75 Å². The molecule has 0 saturated carbocycles. The Balaban J connectivity index is 1.93. The second-order valence-corrected chi connectivity index (χ2v) is 4.08. The van der Waals surface area contributed by atoms with Gasteiger partial charge in [0.05, 0.1) is 11.9 Å². The van der Waals surface area contributed by atoms with Gasteiger partial charge in [-0.2, -0.15) is 0 Å². The number of rotatable bonds is 5. The molecule has 2 aromatic rings. The Bertz CT molecular complexity index is 497. The molecule has 0 unspecified atom stereocenters. The highest BCUT2D eigenvalue weighted by Crippen LogP contribution is 2.11. The number of ether oxygens (including phenoxy) is 1. The van der Waals surface area contributed by atoms with E-state index in [4.69, 9.17) is 10.5 Å². The first kappa shape index (κ1) is 12.5. The molecule has 2 heterocycles. The van der Waals surface area contributed by atoms with Crippen molar-refractivity contribution in [2.45, 2.75) is 20.0 Å². The second-order valence-electron chi connectivity index (χ2n) is 4.08. The second kappa shape index (κ2) is 6.12.